The summed E-state index contributed by atoms with van der Waals surface area (Å²) in [5.74, 6) is 0.208. The number of ether oxygens (including phenoxy) is 1. The summed E-state index contributed by atoms with van der Waals surface area (Å²) >= 11 is 3.08. The molecule has 0 fully saturated rings. The molecule has 0 bridgehead atoms. The zero-order valence-electron chi connectivity index (χ0n) is 14.0. The van der Waals surface area contributed by atoms with Gasteiger partial charge in [0.05, 0.1) is 11.9 Å². The van der Waals surface area contributed by atoms with E-state index >= 15 is 0 Å². The topological polar surface area (TPSA) is 80.7 Å². The lowest BCUT2D eigenvalue weighted by Gasteiger charge is -2.16. The fraction of sp³-hybridized carbons (Fsp3) is 0.278. The van der Waals surface area contributed by atoms with E-state index in [-0.39, 0.29) is 10.9 Å². The van der Waals surface area contributed by atoms with Crippen LogP contribution in [0, 0.1) is 6.92 Å². The number of rotatable bonds is 7. The van der Waals surface area contributed by atoms with Gasteiger partial charge in [-0.15, -0.1) is 0 Å². The van der Waals surface area contributed by atoms with Crippen LogP contribution in [0.2, 0.25) is 0 Å². The Morgan fingerprint density at radius 3 is 2.56 bits per heavy atom. The van der Waals surface area contributed by atoms with E-state index in [2.05, 4.69) is 15.9 Å². The number of hydrogen-bond acceptors (Lipinski definition) is 4. The molecule has 0 spiro atoms. The van der Waals surface area contributed by atoms with Crippen LogP contribution in [-0.2, 0) is 10.1 Å². The van der Waals surface area contributed by atoms with E-state index < -0.39 is 20.8 Å². The molecule has 1 N–H and O–H groups in total. The quantitative estimate of drug-likeness (QED) is 0.406. The van der Waals surface area contributed by atoms with E-state index in [1.165, 1.54) is 6.07 Å². The highest BCUT2D eigenvalue weighted by atomic mass is 79.9. The van der Waals surface area contributed by atoms with Gasteiger partial charge in [0.25, 0.3) is 10.1 Å². The van der Waals surface area contributed by atoms with Crippen molar-refractivity contribution in [3.05, 3.63) is 47.5 Å². The lowest BCUT2D eigenvalue weighted by molar-refractivity contribution is 0.102. The van der Waals surface area contributed by atoms with E-state index in [1.807, 2.05) is 6.92 Å². The lowest BCUT2D eigenvalue weighted by Crippen LogP contribution is -2.12. The van der Waals surface area contributed by atoms with E-state index in [9.17, 15) is 17.8 Å². The normalized spacial score (nSPS) is 11.4. The molecule has 0 saturated heterocycles. The van der Waals surface area contributed by atoms with Crippen molar-refractivity contribution < 1.29 is 22.5 Å². The van der Waals surface area contributed by atoms with Crippen LogP contribution in [0.3, 0.4) is 0 Å². The number of benzene rings is 2. The first-order chi connectivity index (χ1) is 11.8. The Hall–Kier alpha value is -1.70. The molecule has 5 nitrogen and oxygen atoms in total. The van der Waals surface area contributed by atoms with Crippen molar-refractivity contribution in [1.29, 1.82) is 0 Å². The smallest absolute Gasteiger partial charge is 0.295 e. The van der Waals surface area contributed by atoms with Crippen LogP contribution in [0.1, 0.15) is 29.3 Å². The Kier molecular flexibility index (Phi) is 6.37. The first kappa shape index (κ1) is 19.6. The van der Waals surface area contributed by atoms with E-state index in [0.29, 0.717) is 23.5 Å². The predicted molar refractivity (Wildman–Crippen MR) is 100 cm³/mol. The maximum atomic E-state index is 12.4. The average Bonchev–Trinajstić information content (AvgIpc) is 2.58. The van der Waals surface area contributed by atoms with Crippen LogP contribution in [0.5, 0.6) is 5.75 Å². The highest BCUT2D eigenvalue weighted by Gasteiger charge is 2.25. The Morgan fingerprint density at radius 1 is 1.24 bits per heavy atom. The predicted octanol–water partition coefficient (Wildman–Crippen LogP) is 4.28. The number of aryl methyl sites for hydroxylation is 1. The van der Waals surface area contributed by atoms with Crippen molar-refractivity contribution in [1.82, 2.24) is 0 Å². The van der Waals surface area contributed by atoms with Gasteiger partial charge in [-0.25, -0.2) is 0 Å². The van der Waals surface area contributed by atoms with Gasteiger partial charge in [-0.05, 0) is 48.2 Å². The fourth-order valence-corrected chi connectivity index (χ4v) is 3.57. The number of carbonyl (C=O) groups is 1. The van der Waals surface area contributed by atoms with Gasteiger partial charge >= 0.3 is 0 Å². The molecular weight excluding hydrogens is 408 g/mol. The number of halogens is 1. The second kappa shape index (κ2) is 8.12. The minimum atomic E-state index is -4.53. The number of Topliss-reactive ketones (excluding diaryl/α,β-unsaturated/α-hetero) is 1. The summed E-state index contributed by atoms with van der Waals surface area (Å²) < 4.78 is 38.6. The van der Waals surface area contributed by atoms with E-state index in [1.54, 1.807) is 37.3 Å². The third-order valence-electron chi connectivity index (χ3n) is 3.65. The minimum absolute atomic E-state index is 0.0213. The first-order valence-electron chi connectivity index (χ1n) is 7.73. The zero-order chi connectivity index (χ0) is 18.6. The molecule has 0 saturated carbocycles. The van der Waals surface area contributed by atoms with Crippen LogP contribution in [0.4, 0.5) is 0 Å². The molecule has 0 aliphatic heterocycles. The van der Waals surface area contributed by atoms with Crippen molar-refractivity contribution in [2.45, 2.75) is 25.2 Å². The fourth-order valence-electron chi connectivity index (χ4n) is 2.58. The van der Waals surface area contributed by atoms with Crippen LogP contribution in [-0.4, -0.2) is 30.7 Å². The van der Waals surface area contributed by atoms with Crippen molar-refractivity contribution >= 4 is 31.8 Å². The largest absolute Gasteiger partial charge is 0.494 e. The molecule has 0 atom stereocenters. The van der Waals surface area contributed by atoms with Gasteiger partial charge in [-0.3, -0.25) is 9.35 Å². The molecule has 2 rings (SSSR count). The molecule has 0 radical (unpaired) electrons. The van der Waals surface area contributed by atoms with Gasteiger partial charge in [-0.2, -0.15) is 8.42 Å². The van der Waals surface area contributed by atoms with Crippen LogP contribution in [0.25, 0.3) is 11.1 Å². The van der Waals surface area contributed by atoms with Gasteiger partial charge in [0.15, 0.2) is 5.78 Å². The van der Waals surface area contributed by atoms with Crippen molar-refractivity contribution in [2.75, 3.05) is 11.9 Å². The Bertz CT molecular complexity index is 890. The van der Waals surface area contributed by atoms with Gasteiger partial charge < -0.3 is 4.74 Å². The number of carbonyl (C=O) groups excluding carboxylic acids is 1. The minimum Gasteiger partial charge on any atom is -0.494 e. The summed E-state index contributed by atoms with van der Waals surface area (Å²) in [5.41, 5.74) is 1.83. The van der Waals surface area contributed by atoms with Crippen LogP contribution < -0.4 is 4.74 Å². The van der Waals surface area contributed by atoms with Crippen LogP contribution in [0.15, 0.2) is 41.3 Å². The summed E-state index contributed by atoms with van der Waals surface area (Å²) in [4.78, 5) is 12.0. The summed E-state index contributed by atoms with van der Waals surface area (Å²) in [7, 11) is -4.53. The SMILES string of the molecule is CCCOc1cccc(-c2c(C)ccc(S(=O)(=O)O)c2C(=O)CBr)c1. The zero-order valence-corrected chi connectivity index (χ0v) is 16.4. The third-order valence-corrected chi connectivity index (χ3v) is 5.05. The molecule has 0 aromatic heterocycles. The standard InChI is InChI=1S/C18H19BrO5S/c1-3-9-24-14-6-4-5-13(10-14)17-12(2)7-8-16(25(21,22)23)18(17)15(20)11-19/h4-8,10H,3,9,11H2,1-2H3,(H,21,22,23). The van der Waals surface area contributed by atoms with Crippen molar-refractivity contribution in [3.63, 3.8) is 0 Å². The number of hydrogen-bond donors (Lipinski definition) is 1. The molecule has 2 aromatic carbocycles. The highest BCUT2D eigenvalue weighted by molar-refractivity contribution is 9.09. The van der Waals surface area contributed by atoms with E-state index in [4.69, 9.17) is 4.74 Å². The Morgan fingerprint density at radius 2 is 1.96 bits per heavy atom. The molecule has 134 valence electrons. The van der Waals surface area contributed by atoms with Gasteiger partial charge in [0.2, 0.25) is 0 Å². The molecule has 0 amide bonds. The number of ketones is 1. The molecule has 2 aromatic rings. The van der Waals surface area contributed by atoms with Crippen molar-refractivity contribution in [2.24, 2.45) is 0 Å². The Balaban J connectivity index is 2.74. The second-order valence-electron chi connectivity index (χ2n) is 5.54. The summed E-state index contributed by atoms with van der Waals surface area (Å²) in [5, 5.41) is -0.0575. The van der Waals surface area contributed by atoms with Gasteiger partial charge in [0.1, 0.15) is 10.6 Å². The van der Waals surface area contributed by atoms with Crippen LogP contribution >= 0.6 is 15.9 Å². The van der Waals surface area contributed by atoms with Crippen molar-refractivity contribution in [3.8, 4) is 16.9 Å². The second-order valence-corrected chi connectivity index (χ2v) is 7.49. The van der Waals surface area contributed by atoms with Gasteiger partial charge in [-0.1, -0.05) is 41.1 Å². The maximum absolute atomic E-state index is 12.4. The third kappa shape index (κ3) is 4.48. The Labute approximate surface area is 155 Å². The average molecular weight is 427 g/mol. The maximum Gasteiger partial charge on any atom is 0.295 e. The molecule has 0 heterocycles. The highest BCUT2D eigenvalue weighted by Crippen LogP contribution is 2.34. The molecule has 25 heavy (non-hydrogen) atoms. The summed E-state index contributed by atoms with van der Waals surface area (Å²) in [6.45, 7) is 4.34. The summed E-state index contributed by atoms with van der Waals surface area (Å²) in [6, 6.07) is 9.94. The summed E-state index contributed by atoms with van der Waals surface area (Å²) in [6.07, 6.45) is 0.856. The molecule has 0 unspecified atom stereocenters. The number of alkyl halides is 1. The molecule has 7 heteroatoms. The molecular formula is C18H19BrO5S. The lowest BCUT2D eigenvalue weighted by atomic mass is 9.93. The monoisotopic (exact) mass is 426 g/mol. The van der Waals surface area contributed by atoms with E-state index in [0.717, 1.165) is 12.0 Å². The molecule has 0 aliphatic carbocycles. The first-order valence-corrected chi connectivity index (χ1v) is 10.3. The van der Waals surface area contributed by atoms with Gasteiger partial charge in [0, 0.05) is 5.56 Å². The molecule has 0 aliphatic rings.